The average Bonchev–Trinajstić information content (AvgIpc) is 2.95. The van der Waals surface area contributed by atoms with Crippen molar-refractivity contribution in [3.05, 3.63) is 53.3 Å². The van der Waals surface area contributed by atoms with E-state index >= 15 is 0 Å². The van der Waals surface area contributed by atoms with Crippen LogP contribution in [0.1, 0.15) is 57.1 Å². The Morgan fingerprint density at radius 3 is 2.60 bits per heavy atom. The summed E-state index contributed by atoms with van der Waals surface area (Å²) in [5.74, 6) is 0.808. The fraction of sp³-hybridized carbons (Fsp3) is 0.455. The molecule has 0 bridgehead atoms. The van der Waals surface area contributed by atoms with E-state index in [0.717, 1.165) is 23.1 Å². The zero-order valence-corrected chi connectivity index (χ0v) is 15.3. The zero-order chi connectivity index (χ0) is 18.0. The minimum absolute atomic E-state index is 0.00188. The number of ether oxygens (including phenoxy) is 1. The third-order valence-electron chi connectivity index (χ3n) is 5.47. The Kier molecular flexibility index (Phi) is 5.14. The second kappa shape index (κ2) is 7.17. The van der Waals surface area contributed by atoms with Crippen LogP contribution in [0, 0.1) is 11.2 Å². The molecule has 1 fully saturated rings. The number of halogens is 1. The van der Waals surface area contributed by atoms with Crippen molar-refractivity contribution >= 4 is 0 Å². The number of hydrogen-bond acceptors (Lipinski definition) is 2. The number of benzene rings is 2. The lowest BCUT2D eigenvalue weighted by atomic mass is 9.75. The number of aliphatic hydroxyl groups is 1. The van der Waals surface area contributed by atoms with E-state index in [0.29, 0.717) is 23.8 Å². The lowest BCUT2D eigenvalue weighted by Gasteiger charge is -2.30. The Labute approximate surface area is 149 Å². The van der Waals surface area contributed by atoms with Crippen molar-refractivity contribution < 1.29 is 14.2 Å². The molecule has 0 heterocycles. The van der Waals surface area contributed by atoms with Crippen LogP contribution in [0.2, 0.25) is 0 Å². The summed E-state index contributed by atoms with van der Waals surface area (Å²) in [4.78, 5) is 0. The molecule has 3 rings (SSSR count). The average molecular weight is 342 g/mol. The minimum atomic E-state index is -0.239. The molecule has 1 aliphatic carbocycles. The summed E-state index contributed by atoms with van der Waals surface area (Å²) < 4.78 is 20.2. The van der Waals surface area contributed by atoms with Gasteiger partial charge in [-0.3, -0.25) is 0 Å². The van der Waals surface area contributed by atoms with Crippen LogP contribution in [0.15, 0.2) is 36.4 Å². The highest BCUT2D eigenvalue weighted by atomic mass is 19.1. The molecule has 0 radical (unpaired) electrons. The van der Waals surface area contributed by atoms with Crippen LogP contribution in [0.25, 0.3) is 11.1 Å². The zero-order valence-electron chi connectivity index (χ0n) is 15.3. The molecule has 1 atom stereocenters. The van der Waals surface area contributed by atoms with Gasteiger partial charge in [-0.25, -0.2) is 4.39 Å². The maximum atomic E-state index is 14.6. The molecule has 0 spiro atoms. The van der Waals surface area contributed by atoms with Gasteiger partial charge in [0.1, 0.15) is 11.6 Å². The van der Waals surface area contributed by atoms with Crippen molar-refractivity contribution in [1.29, 1.82) is 0 Å². The van der Waals surface area contributed by atoms with Gasteiger partial charge in [0.25, 0.3) is 0 Å². The molecule has 3 heteroatoms. The van der Waals surface area contributed by atoms with Gasteiger partial charge in [-0.2, -0.15) is 0 Å². The van der Waals surface area contributed by atoms with Gasteiger partial charge < -0.3 is 9.84 Å². The van der Waals surface area contributed by atoms with E-state index in [1.807, 2.05) is 19.1 Å². The van der Waals surface area contributed by atoms with Gasteiger partial charge in [0, 0.05) is 5.56 Å². The summed E-state index contributed by atoms with van der Waals surface area (Å²) in [7, 11) is 0. The number of rotatable bonds is 5. The van der Waals surface area contributed by atoms with Gasteiger partial charge in [-0.1, -0.05) is 38.5 Å². The normalized spacial score (nSPS) is 19.2. The molecule has 1 aliphatic rings. The van der Waals surface area contributed by atoms with Crippen LogP contribution in [0.3, 0.4) is 0 Å². The topological polar surface area (TPSA) is 29.5 Å². The lowest BCUT2D eigenvalue weighted by molar-refractivity contribution is 0.281. The van der Waals surface area contributed by atoms with E-state index in [4.69, 9.17) is 4.74 Å². The van der Waals surface area contributed by atoms with Crippen molar-refractivity contribution in [3.63, 3.8) is 0 Å². The van der Waals surface area contributed by atoms with Crippen LogP contribution in [-0.2, 0) is 6.61 Å². The van der Waals surface area contributed by atoms with E-state index in [1.165, 1.54) is 18.9 Å². The van der Waals surface area contributed by atoms with Gasteiger partial charge in [0.05, 0.1) is 13.2 Å². The predicted octanol–water partition coefficient (Wildman–Crippen LogP) is 5.68. The highest BCUT2D eigenvalue weighted by Gasteiger charge is 2.37. The molecule has 25 heavy (non-hydrogen) atoms. The minimum Gasteiger partial charge on any atom is -0.494 e. The Morgan fingerprint density at radius 2 is 1.96 bits per heavy atom. The van der Waals surface area contributed by atoms with Gasteiger partial charge >= 0.3 is 0 Å². The first-order chi connectivity index (χ1) is 12.0. The van der Waals surface area contributed by atoms with Crippen molar-refractivity contribution in [2.45, 2.75) is 52.6 Å². The third-order valence-corrected chi connectivity index (χ3v) is 5.47. The van der Waals surface area contributed by atoms with Crippen molar-refractivity contribution in [2.24, 2.45) is 5.41 Å². The Morgan fingerprint density at radius 1 is 1.16 bits per heavy atom. The van der Waals surface area contributed by atoms with Crippen LogP contribution in [-0.4, -0.2) is 11.7 Å². The third kappa shape index (κ3) is 3.57. The molecule has 134 valence electrons. The first-order valence-electron chi connectivity index (χ1n) is 9.12. The summed E-state index contributed by atoms with van der Waals surface area (Å²) in [5.41, 5.74) is 3.69. The smallest absolute Gasteiger partial charge is 0.131 e. The number of aliphatic hydroxyl groups excluding tert-OH is 1. The summed E-state index contributed by atoms with van der Waals surface area (Å²) >= 11 is 0. The van der Waals surface area contributed by atoms with Crippen LogP contribution in [0.4, 0.5) is 4.39 Å². The van der Waals surface area contributed by atoms with Gasteiger partial charge in [0.2, 0.25) is 0 Å². The SMILES string of the molecule is CCOc1ccc(F)c(-c2ccc(CO)cc2[C@@H]2CCCC2(C)C)c1. The Bertz CT molecular complexity index is 752. The van der Waals surface area contributed by atoms with Crippen LogP contribution in [0.5, 0.6) is 5.75 Å². The molecular formula is C22H27FO2. The largest absolute Gasteiger partial charge is 0.494 e. The molecule has 2 aromatic rings. The molecule has 0 unspecified atom stereocenters. The van der Waals surface area contributed by atoms with Crippen LogP contribution >= 0.6 is 0 Å². The summed E-state index contributed by atoms with van der Waals surface area (Å²) in [6.07, 6.45) is 3.45. The molecule has 1 N–H and O–H groups in total. The first kappa shape index (κ1) is 17.9. The Balaban J connectivity index is 2.15. The van der Waals surface area contributed by atoms with Crippen LogP contribution < -0.4 is 4.74 Å². The molecule has 0 aromatic heterocycles. The summed E-state index contributed by atoms with van der Waals surface area (Å²) in [6, 6.07) is 10.8. The molecule has 0 amide bonds. The van der Waals surface area contributed by atoms with Gasteiger partial charge in [-0.15, -0.1) is 0 Å². The van der Waals surface area contributed by atoms with E-state index in [2.05, 4.69) is 19.9 Å². The molecule has 1 saturated carbocycles. The highest BCUT2D eigenvalue weighted by molar-refractivity contribution is 5.71. The van der Waals surface area contributed by atoms with E-state index in [-0.39, 0.29) is 17.8 Å². The van der Waals surface area contributed by atoms with E-state index < -0.39 is 0 Å². The van der Waals surface area contributed by atoms with Gasteiger partial charge in [-0.05, 0) is 66.0 Å². The summed E-state index contributed by atoms with van der Waals surface area (Å²) in [5, 5.41) is 9.57. The summed E-state index contributed by atoms with van der Waals surface area (Å²) in [6.45, 7) is 7.05. The fourth-order valence-electron chi connectivity index (χ4n) is 4.11. The molecule has 0 aliphatic heterocycles. The first-order valence-corrected chi connectivity index (χ1v) is 9.12. The van der Waals surface area contributed by atoms with E-state index in [9.17, 15) is 9.50 Å². The second-order valence-corrected chi connectivity index (χ2v) is 7.59. The fourth-order valence-corrected chi connectivity index (χ4v) is 4.11. The molecular weight excluding hydrogens is 315 g/mol. The monoisotopic (exact) mass is 342 g/mol. The van der Waals surface area contributed by atoms with Crippen molar-refractivity contribution in [3.8, 4) is 16.9 Å². The molecule has 2 nitrogen and oxygen atoms in total. The molecule has 0 saturated heterocycles. The van der Waals surface area contributed by atoms with Crippen molar-refractivity contribution in [1.82, 2.24) is 0 Å². The van der Waals surface area contributed by atoms with Crippen molar-refractivity contribution in [2.75, 3.05) is 6.61 Å². The standard InChI is InChI=1S/C22H27FO2/c1-4-25-16-8-10-21(23)19(13-16)17-9-7-15(14-24)12-18(17)20-6-5-11-22(20,2)3/h7-10,12-13,20,24H,4-6,11,14H2,1-3H3/t20-/m0/s1. The lowest BCUT2D eigenvalue weighted by Crippen LogP contribution is -2.16. The predicted molar refractivity (Wildman–Crippen MR) is 99.3 cm³/mol. The number of hydrogen-bond donors (Lipinski definition) is 1. The van der Waals surface area contributed by atoms with E-state index in [1.54, 1.807) is 12.1 Å². The Hall–Kier alpha value is -1.87. The maximum absolute atomic E-state index is 14.6. The molecule has 2 aromatic carbocycles. The quantitative estimate of drug-likeness (QED) is 0.758. The van der Waals surface area contributed by atoms with Gasteiger partial charge in [0.15, 0.2) is 0 Å². The second-order valence-electron chi connectivity index (χ2n) is 7.59. The maximum Gasteiger partial charge on any atom is 0.131 e. The highest BCUT2D eigenvalue weighted by Crippen LogP contribution is 2.51.